The summed E-state index contributed by atoms with van der Waals surface area (Å²) < 4.78 is 5.53. The molecule has 1 heterocycles. The maximum Gasteiger partial charge on any atom is 0.311 e. The third kappa shape index (κ3) is 3.05. The van der Waals surface area contributed by atoms with Crippen LogP contribution in [-0.4, -0.2) is 9.91 Å². The van der Waals surface area contributed by atoms with Crippen LogP contribution in [0.15, 0.2) is 36.7 Å². The number of nitrogens with two attached hydrogens (primary N) is 1. The Kier molecular flexibility index (Phi) is 3.72. The van der Waals surface area contributed by atoms with Crippen molar-refractivity contribution >= 4 is 5.69 Å². The molecule has 0 radical (unpaired) electrons. The van der Waals surface area contributed by atoms with E-state index in [9.17, 15) is 10.1 Å². The predicted molar refractivity (Wildman–Crippen MR) is 70.0 cm³/mol. The summed E-state index contributed by atoms with van der Waals surface area (Å²) in [6.45, 7) is 2.17. The van der Waals surface area contributed by atoms with E-state index in [0.29, 0.717) is 12.3 Å². The lowest BCUT2D eigenvalue weighted by Crippen LogP contribution is -1.98. The minimum absolute atomic E-state index is 0.0799. The lowest BCUT2D eigenvalue weighted by molar-refractivity contribution is -0.385. The van der Waals surface area contributed by atoms with Gasteiger partial charge in [0.25, 0.3) is 0 Å². The molecule has 1 aromatic carbocycles. The Morgan fingerprint density at radius 1 is 1.37 bits per heavy atom. The number of nitro benzene ring substituents is 1. The summed E-state index contributed by atoms with van der Waals surface area (Å²) in [5.74, 6) is 0.623. The number of nitrogens with zero attached hydrogens (tertiary/aromatic N) is 2. The molecule has 0 fully saturated rings. The minimum atomic E-state index is -0.477. The molecule has 0 spiro atoms. The molecular weight excluding hydrogens is 246 g/mol. The molecule has 0 aliphatic heterocycles. The maximum absolute atomic E-state index is 10.9. The van der Waals surface area contributed by atoms with Gasteiger partial charge in [-0.25, -0.2) is 0 Å². The van der Waals surface area contributed by atoms with Gasteiger partial charge in [0.15, 0.2) is 0 Å². The van der Waals surface area contributed by atoms with Crippen molar-refractivity contribution in [1.82, 2.24) is 4.98 Å². The third-order valence-corrected chi connectivity index (χ3v) is 2.55. The first-order chi connectivity index (χ1) is 9.10. The van der Waals surface area contributed by atoms with E-state index in [1.807, 2.05) is 6.92 Å². The van der Waals surface area contributed by atoms with Crippen LogP contribution in [0.5, 0.6) is 11.5 Å². The number of rotatable bonds is 4. The van der Waals surface area contributed by atoms with E-state index in [0.717, 1.165) is 11.1 Å². The highest BCUT2D eigenvalue weighted by molar-refractivity contribution is 5.50. The van der Waals surface area contributed by atoms with Crippen LogP contribution >= 0.6 is 0 Å². The van der Waals surface area contributed by atoms with Crippen LogP contribution in [0.25, 0.3) is 0 Å². The van der Waals surface area contributed by atoms with Crippen molar-refractivity contribution in [3.63, 3.8) is 0 Å². The molecule has 6 nitrogen and oxygen atoms in total. The molecule has 0 aliphatic carbocycles. The largest absolute Gasteiger partial charge is 0.448 e. The second-order valence-corrected chi connectivity index (χ2v) is 4.06. The van der Waals surface area contributed by atoms with E-state index in [4.69, 9.17) is 10.5 Å². The summed E-state index contributed by atoms with van der Waals surface area (Å²) in [5.41, 5.74) is 7.11. The van der Waals surface area contributed by atoms with Gasteiger partial charge in [0.2, 0.25) is 5.75 Å². The second-order valence-electron chi connectivity index (χ2n) is 4.06. The minimum Gasteiger partial charge on any atom is -0.448 e. The van der Waals surface area contributed by atoms with E-state index < -0.39 is 4.92 Å². The smallest absolute Gasteiger partial charge is 0.311 e. The number of hydrogen-bond donors (Lipinski definition) is 1. The molecule has 0 saturated heterocycles. The van der Waals surface area contributed by atoms with Crippen molar-refractivity contribution in [1.29, 1.82) is 0 Å². The highest BCUT2D eigenvalue weighted by atomic mass is 16.6. The highest BCUT2D eigenvalue weighted by Crippen LogP contribution is 2.31. The Labute approximate surface area is 110 Å². The molecule has 6 heteroatoms. The molecule has 19 heavy (non-hydrogen) atoms. The van der Waals surface area contributed by atoms with Crippen LogP contribution in [0.1, 0.15) is 11.1 Å². The quantitative estimate of drug-likeness (QED) is 0.673. The second kappa shape index (κ2) is 5.45. The van der Waals surface area contributed by atoms with Crippen LogP contribution in [0.2, 0.25) is 0 Å². The molecule has 0 atom stereocenters. The average Bonchev–Trinajstić information content (AvgIpc) is 2.38. The van der Waals surface area contributed by atoms with E-state index >= 15 is 0 Å². The van der Waals surface area contributed by atoms with Gasteiger partial charge in [-0.05, 0) is 30.2 Å². The number of pyridine rings is 1. The fraction of sp³-hybridized carbons (Fsp3) is 0.154. The van der Waals surface area contributed by atoms with Crippen LogP contribution < -0.4 is 10.5 Å². The number of hydrogen-bond acceptors (Lipinski definition) is 5. The summed E-state index contributed by atoms with van der Waals surface area (Å²) in [6.07, 6.45) is 3.11. The predicted octanol–water partition coefficient (Wildman–Crippen LogP) is 2.55. The van der Waals surface area contributed by atoms with Gasteiger partial charge >= 0.3 is 5.69 Å². The third-order valence-electron chi connectivity index (χ3n) is 2.55. The van der Waals surface area contributed by atoms with Crippen LogP contribution in [-0.2, 0) is 6.54 Å². The Bertz CT molecular complexity index is 614. The highest BCUT2D eigenvalue weighted by Gasteiger charge is 2.15. The summed E-state index contributed by atoms with van der Waals surface area (Å²) >= 11 is 0. The standard InChI is InChI=1S/C13H13N3O3/c1-9-2-3-12(16(17)18)13(4-9)19-11-5-10(6-14)7-15-8-11/h2-5,7-8H,6,14H2,1H3. The zero-order valence-electron chi connectivity index (χ0n) is 10.4. The van der Waals surface area contributed by atoms with Gasteiger partial charge in [0.1, 0.15) is 5.75 Å². The Morgan fingerprint density at radius 2 is 2.16 bits per heavy atom. The summed E-state index contributed by atoms with van der Waals surface area (Å²) in [7, 11) is 0. The number of benzene rings is 1. The maximum atomic E-state index is 10.9. The molecule has 1 aromatic heterocycles. The molecule has 2 rings (SSSR count). The van der Waals surface area contributed by atoms with Gasteiger partial charge in [0.05, 0.1) is 11.1 Å². The monoisotopic (exact) mass is 259 g/mol. The first kappa shape index (κ1) is 13.0. The zero-order chi connectivity index (χ0) is 13.8. The molecule has 2 N–H and O–H groups in total. The Balaban J connectivity index is 2.36. The lowest BCUT2D eigenvalue weighted by atomic mass is 10.2. The normalized spacial score (nSPS) is 10.2. The van der Waals surface area contributed by atoms with Crippen molar-refractivity contribution in [2.24, 2.45) is 5.73 Å². The van der Waals surface area contributed by atoms with Gasteiger partial charge in [-0.1, -0.05) is 6.07 Å². The van der Waals surface area contributed by atoms with Crippen molar-refractivity contribution in [2.75, 3.05) is 0 Å². The topological polar surface area (TPSA) is 91.3 Å². The number of ether oxygens (including phenoxy) is 1. The average molecular weight is 259 g/mol. The van der Waals surface area contributed by atoms with Gasteiger partial charge in [-0.3, -0.25) is 15.1 Å². The van der Waals surface area contributed by atoms with E-state index in [-0.39, 0.29) is 11.4 Å². The van der Waals surface area contributed by atoms with Gasteiger partial charge in [-0.15, -0.1) is 0 Å². The molecule has 0 unspecified atom stereocenters. The molecule has 0 aliphatic rings. The first-order valence-electron chi connectivity index (χ1n) is 5.67. The van der Waals surface area contributed by atoms with Crippen LogP contribution in [0.4, 0.5) is 5.69 Å². The van der Waals surface area contributed by atoms with Crippen LogP contribution in [0, 0.1) is 17.0 Å². The van der Waals surface area contributed by atoms with Gasteiger partial charge < -0.3 is 10.5 Å². The van der Waals surface area contributed by atoms with E-state index in [1.165, 1.54) is 12.3 Å². The fourth-order valence-electron chi connectivity index (χ4n) is 1.61. The van der Waals surface area contributed by atoms with Crippen molar-refractivity contribution in [3.05, 3.63) is 57.9 Å². The summed E-state index contributed by atoms with van der Waals surface area (Å²) in [4.78, 5) is 14.4. The molecule has 0 saturated carbocycles. The number of aryl methyl sites for hydroxylation is 1. The lowest BCUT2D eigenvalue weighted by Gasteiger charge is -2.07. The molecule has 0 bridgehead atoms. The van der Waals surface area contributed by atoms with Crippen molar-refractivity contribution in [2.45, 2.75) is 13.5 Å². The zero-order valence-corrected chi connectivity index (χ0v) is 10.4. The molecular formula is C13H13N3O3. The SMILES string of the molecule is Cc1ccc([N+](=O)[O-])c(Oc2cncc(CN)c2)c1. The number of aromatic nitrogens is 1. The van der Waals surface area contributed by atoms with Gasteiger partial charge in [0, 0.05) is 18.8 Å². The summed E-state index contributed by atoms with van der Waals surface area (Å²) in [6, 6.07) is 6.41. The van der Waals surface area contributed by atoms with E-state index in [2.05, 4.69) is 4.98 Å². The van der Waals surface area contributed by atoms with Crippen molar-refractivity contribution in [3.8, 4) is 11.5 Å². The summed E-state index contributed by atoms with van der Waals surface area (Å²) in [5, 5.41) is 10.9. The first-order valence-corrected chi connectivity index (χ1v) is 5.67. The van der Waals surface area contributed by atoms with Crippen LogP contribution in [0.3, 0.4) is 0 Å². The molecule has 2 aromatic rings. The van der Waals surface area contributed by atoms with Gasteiger partial charge in [-0.2, -0.15) is 0 Å². The van der Waals surface area contributed by atoms with E-state index in [1.54, 1.807) is 24.4 Å². The molecule has 0 amide bonds. The fourth-order valence-corrected chi connectivity index (χ4v) is 1.61. The molecule has 98 valence electrons. The Hall–Kier alpha value is -2.47. The van der Waals surface area contributed by atoms with Crippen molar-refractivity contribution < 1.29 is 9.66 Å². The Morgan fingerprint density at radius 3 is 2.84 bits per heavy atom. The number of nitro groups is 1.